The molecule has 2 nitrogen and oxygen atoms in total. The number of rotatable bonds is 5. The van der Waals surface area contributed by atoms with E-state index >= 15 is 0 Å². The summed E-state index contributed by atoms with van der Waals surface area (Å²) in [6.07, 6.45) is 2.72. The summed E-state index contributed by atoms with van der Waals surface area (Å²) >= 11 is 6.25. The van der Waals surface area contributed by atoms with Gasteiger partial charge >= 0.3 is 0 Å². The van der Waals surface area contributed by atoms with Crippen molar-refractivity contribution >= 4 is 23.2 Å². The lowest BCUT2D eigenvalue weighted by molar-refractivity contribution is -0.117. The fourth-order valence-electron chi connectivity index (χ4n) is 3.22. The monoisotopic (exact) mass is 327 g/mol. The van der Waals surface area contributed by atoms with Crippen LogP contribution in [0.1, 0.15) is 42.9 Å². The molecule has 2 aromatic rings. The summed E-state index contributed by atoms with van der Waals surface area (Å²) in [5.74, 6) is 0.401. The number of para-hydroxylation sites is 1. The highest BCUT2D eigenvalue weighted by molar-refractivity contribution is 6.31. The normalized spacial score (nSPS) is 19.4. The third kappa shape index (κ3) is 3.28. The number of amides is 1. The topological polar surface area (TPSA) is 29.1 Å². The summed E-state index contributed by atoms with van der Waals surface area (Å²) in [6.45, 7) is 4.24. The first-order valence-electron chi connectivity index (χ1n) is 8.31. The van der Waals surface area contributed by atoms with Crippen molar-refractivity contribution in [1.82, 2.24) is 0 Å². The average molecular weight is 328 g/mol. The minimum atomic E-state index is 0.0320. The van der Waals surface area contributed by atoms with Crippen LogP contribution in [0.25, 0.3) is 0 Å². The molecule has 0 aliphatic heterocycles. The molecule has 1 aliphatic carbocycles. The third-order valence-corrected chi connectivity index (χ3v) is 5.02. The first-order chi connectivity index (χ1) is 11.2. The lowest BCUT2D eigenvalue weighted by atomic mass is 10.0. The highest BCUT2D eigenvalue weighted by Crippen LogP contribution is 2.50. The minimum Gasteiger partial charge on any atom is -0.325 e. The Hall–Kier alpha value is -1.80. The molecule has 0 spiro atoms. The Kier molecular flexibility index (Phi) is 4.72. The molecule has 120 valence electrons. The van der Waals surface area contributed by atoms with E-state index in [1.54, 1.807) is 0 Å². The lowest BCUT2D eigenvalue weighted by Gasteiger charge is -2.14. The molecular formula is C20H22ClNO. The molecule has 0 aromatic heterocycles. The Morgan fingerprint density at radius 3 is 2.35 bits per heavy atom. The molecule has 1 N–H and O–H groups in total. The molecule has 23 heavy (non-hydrogen) atoms. The van der Waals surface area contributed by atoms with Crippen molar-refractivity contribution in [1.29, 1.82) is 0 Å². The molecule has 2 atom stereocenters. The van der Waals surface area contributed by atoms with Crippen LogP contribution in [0.3, 0.4) is 0 Å². The Labute approximate surface area is 142 Å². The molecule has 1 saturated carbocycles. The van der Waals surface area contributed by atoms with E-state index in [-0.39, 0.29) is 17.7 Å². The number of benzene rings is 2. The van der Waals surface area contributed by atoms with Gasteiger partial charge in [-0.25, -0.2) is 0 Å². The second kappa shape index (κ2) is 6.76. The van der Waals surface area contributed by atoms with Crippen molar-refractivity contribution in [3.8, 4) is 0 Å². The number of carbonyl (C=O) groups excluding carboxylic acids is 1. The summed E-state index contributed by atoms with van der Waals surface area (Å²) in [7, 11) is 0. The molecule has 1 aliphatic rings. The molecule has 1 fully saturated rings. The van der Waals surface area contributed by atoms with Crippen molar-refractivity contribution < 1.29 is 4.79 Å². The van der Waals surface area contributed by atoms with Crippen molar-refractivity contribution in [2.75, 3.05) is 5.32 Å². The number of halogens is 1. The van der Waals surface area contributed by atoms with E-state index in [1.165, 1.54) is 11.1 Å². The van der Waals surface area contributed by atoms with Gasteiger partial charge in [0, 0.05) is 16.6 Å². The number of hydrogen-bond acceptors (Lipinski definition) is 1. The van der Waals surface area contributed by atoms with Crippen LogP contribution >= 0.6 is 11.6 Å². The summed E-state index contributed by atoms with van der Waals surface area (Å²) in [6, 6.07) is 14.1. The number of anilines is 1. The number of hydrogen-bond donors (Lipinski definition) is 1. The molecule has 2 aromatic carbocycles. The molecule has 1 amide bonds. The number of nitrogens with one attached hydrogen (secondary N) is 1. The van der Waals surface area contributed by atoms with Crippen LogP contribution in [0.15, 0.2) is 42.5 Å². The maximum Gasteiger partial charge on any atom is 0.228 e. The summed E-state index contributed by atoms with van der Waals surface area (Å²) in [5, 5.41) is 3.94. The maximum atomic E-state index is 12.7. The number of carbonyl (C=O) groups is 1. The SMILES string of the molecule is CCc1cccc(CC)c1NC(=O)C1CC1c1ccccc1Cl. The zero-order valence-electron chi connectivity index (χ0n) is 13.6. The van der Waals surface area contributed by atoms with Crippen LogP contribution in [0.5, 0.6) is 0 Å². The van der Waals surface area contributed by atoms with Gasteiger partial charge in [-0.15, -0.1) is 0 Å². The highest BCUT2D eigenvalue weighted by atomic mass is 35.5. The van der Waals surface area contributed by atoms with Crippen molar-refractivity contribution in [2.24, 2.45) is 5.92 Å². The van der Waals surface area contributed by atoms with Gasteiger partial charge in [0.1, 0.15) is 0 Å². The van der Waals surface area contributed by atoms with Gasteiger partial charge in [-0.2, -0.15) is 0 Å². The Balaban J connectivity index is 1.76. The molecule has 0 radical (unpaired) electrons. The van der Waals surface area contributed by atoms with Gasteiger partial charge < -0.3 is 5.32 Å². The van der Waals surface area contributed by atoms with Crippen LogP contribution in [0, 0.1) is 5.92 Å². The Morgan fingerprint density at radius 2 is 1.74 bits per heavy atom. The second-order valence-electron chi connectivity index (χ2n) is 6.12. The minimum absolute atomic E-state index is 0.0320. The fraction of sp³-hybridized carbons (Fsp3) is 0.350. The third-order valence-electron chi connectivity index (χ3n) is 4.68. The van der Waals surface area contributed by atoms with Crippen LogP contribution in [0.2, 0.25) is 5.02 Å². The van der Waals surface area contributed by atoms with Gasteiger partial charge in [-0.3, -0.25) is 4.79 Å². The standard InChI is InChI=1S/C20H22ClNO/c1-3-13-8-7-9-14(4-2)19(13)22-20(23)17-12-16(17)15-10-5-6-11-18(15)21/h5-11,16-17H,3-4,12H2,1-2H3,(H,22,23). The van der Waals surface area contributed by atoms with Gasteiger partial charge in [0.15, 0.2) is 0 Å². The van der Waals surface area contributed by atoms with E-state index < -0.39 is 0 Å². The molecule has 3 rings (SSSR count). The van der Waals surface area contributed by atoms with E-state index in [0.29, 0.717) is 0 Å². The zero-order chi connectivity index (χ0) is 16.4. The Morgan fingerprint density at radius 1 is 1.09 bits per heavy atom. The first kappa shape index (κ1) is 16.1. The summed E-state index contributed by atoms with van der Waals surface area (Å²) in [4.78, 5) is 12.7. The quantitative estimate of drug-likeness (QED) is 0.802. The number of aryl methyl sites for hydroxylation is 2. The predicted molar refractivity (Wildman–Crippen MR) is 96.1 cm³/mol. The van der Waals surface area contributed by atoms with Crippen molar-refractivity contribution in [3.05, 3.63) is 64.2 Å². The van der Waals surface area contributed by atoms with Gasteiger partial charge in [-0.1, -0.05) is 61.8 Å². The van der Waals surface area contributed by atoms with E-state index in [4.69, 9.17) is 11.6 Å². The van der Waals surface area contributed by atoms with E-state index in [0.717, 1.165) is 35.5 Å². The van der Waals surface area contributed by atoms with Gasteiger partial charge in [0.05, 0.1) is 0 Å². The average Bonchev–Trinajstić information content (AvgIpc) is 3.36. The molecule has 0 bridgehead atoms. The van der Waals surface area contributed by atoms with Crippen LogP contribution < -0.4 is 5.32 Å². The summed E-state index contributed by atoms with van der Waals surface area (Å²) < 4.78 is 0. The van der Waals surface area contributed by atoms with Gasteiger partial charge in [0.2, 0.25) is 5.91 Å². The summed E-state index contributed by atoms with van der Waals surface area (Å²) in [5.41, 5.74) is 4.50. The molecular weight excluding hydrogens is 306 g/mol. The van der Waals surface area contributed by atoms with Gasteiger partial charge in [-0.05, 0) is 47.9 Å². The molecule has 3 heteroatoms. The lowest BCUT2D eigenvalue weighted by Crippen LogP contribution is -2.17. The van der Waals surface area contributed by atoms with E-state index in [2.05, 4.69) is 37.4 Å². The van der Waals surface area contributed by atoms with E-state index in [9.17, 15) is 4.79 Å². The van der Waals surface area contributed by atoms with Crippen LogP contribution in [0.4, 0.5) is 5.69 Å². The van der Waals surface area contributed by atoms with Gasteiger partial charge in [0.25, 0.3) is 0 Å². The Bertz CT molecular complexity index is 703. The van der Waals surface area contributed by atoms with E-state index in [1.807, 2.05) is 24.3 Å². The maximum absolute atomic E-state index is 12.7. The highest BCUT2D eigenvalue weighted by Gasteiger charge is 2.44. The largest absolute Gasteiger partial charge is 0.325 e. The predicted octanol–water partition coefficient (Wildman–Crippen LogP) is 5.21. The van der Waals surface area contributed by atoms with Crippen molar-refractivity contribution in [3.63, 3.8) is 0 Å². The smallest absolute Gasteiger partial charge is 0.228 e. The fourth-order valence-corrected chi connectivity index (χ4v) is 3.50. The van der Waals surface area contributed by atoms with Crippen molar-refractivity contribution in [2.45, 2.75) is 39.0 Å². The van der Waals surface area contributed by atoms with Crippen LogP contribution in [-0.4, -0.2) is 5.91 Å². The zero-order valence-corrected chi connectivity index (χ0v) is 14.4. The molecule has 0 heterocycles. The molecule has 2 unspecified atom stereocenters. The van der Waals surface area contributed by atoms with Crippen LogP contribution in [-0.2, 0) is 17.6 Å². The first-order valence-corrected chi connectivity index (χ1v) is 8.69. The second-order valence-corrected chi connectivity index (χ2v) is 6.53. The molecule has 0 saturated heterocycles.